The number of rotatable bonds is 4. The Morgan fingerprint density at radius 1 is 0.296 bits per heavy atom. The highest BCUT2D eigenvalue weighted by atomic mass is 15.0. The maximum Gasteiger partial charge on any atom is 0.0542 e. The number of benzene rings is 8. The molecule has 11 aromatic rings. The highest BCUT2D eigenvalue weighted by Crippen LogP contribution is 2.41. The Morgan fingerprint density at radius 2 is 0.741 bits per heavy atom. The summed E-state index contributed by atoms with van der Waals surface area (Å²) in [7, 11) is 0. The van der Waals surface area contributed by atoms with Crippen molar-refractivity contribution in [2.75, 3.05) is 0 Å². The molecule has 0 aliphatic rings. The molecule has 0 radical (unpaired) electrons. The van der Waals surface area contributed by atoms with Gasteiger partial charge in [0.1, 0.15) is 0 Å². The van der Waals surface area contributed by atoms with Gasteiger partial charge in [-0.2, -0.15) is 0 Å². The van der Waals surface area contributed by atoms with Gasteiger partial charge in [0.25, 0.3) is 0 Å². The van der Waals surface area contributed by atoms with E-state index in [1.807, 2.05) is 0 Å². The summed E-state index contributed by atoms with van der Waals surface area (Å²) in [6.45, 7) is 6.50. The molecule has 256 valence electrons. The Hall–Kier alpha value is -6.84. The topological polar surface area (TPSA) is 14.8 Å². The summed E-state index contributed by atoms with van der Waals surface area (Å²) in [5, 5.41) is 7.58. The highest BCUT2D eigenvalue weighted by Gasteiger charge is 2.20. The van der Waals surface area contributed by atoms with Crippen LogP contribution in [0.15, 0.2) is 170 Å². The molecule has 3 heteroatoms. The molecule has 0 fully saturated rings. The molecular formula is C51H37N3. The smallest absolute Gasteiger partial charge is 0.0542 e. The van der Waals surface area contributed by atoms with Crippen molar-refractivity contribution < 1.29 is 0 Å². The second kappa shape index (κ2) is 11.6. The monoisotopic (exact) mass is 691 g/mol. The van der Waals surface area contributed by atoms with Gasteiger partial charge in [-0.1, -0.05) is 102 Å². The molecule has 3 nitrogen and oxygen atoms in total. The quantitative estimate of drug-likeness (QED) is 0.175. The number of aryl methyl sites for hydroxylation is 3. The van der Waals surface area contributed by atoms with E-state index in [-0.39, 0.29) is 0 Å². The van der Waals surface area contributed by atoms with E-state index in [9.17, 15) is 0 Å². The fourth-order valence-corrected chi connectivity index (χ4v) is 8.91. The average molecular weight is 692 g/mol. The molecule has 0 atom stereocenters. The van der Waals surface area contributed by atoms with Gasteiger partial charge in [0.2, 0.25) is 0 Å². The molecule has 3 heterocycles. The Morgan fingerprint density at radius 3 is 1.43 bits per heavy atom. The predicted octanol–water partition coefficient (Wildman–Crippen LogP) is 13.6. The van der Waals surface area contributed by atoms with Gasteiger partial charge >= 0.3 is 0 Å². The molecule has 0 amide bonds. The highest BCUT2D eigenvalue weighted by molar-refractivity contribution is 6.14. The van der Waals surface area contributed by atoms with Gasteiger partial charge in [0, 0.05) is 49.3 Å². The third-order valence-corrected chi connectivity index (χ3v) is 11.4. The fourth-order valence-electron chi connectivity index (χ4n) is 8.91. The first-order valence-electron chi connectivity index (χ1n) is 18.8. The van der Waals surface area contributed by atoms with Gasteiger partial charge in [-0.3, -0.25) is 0 Å². The summed E-state index contributed by atoms with van der Waals surface area (Å²) < 4.78 is 7.29. The summed E-state index contributed by atoms with van der Waals surface area (Å²) in [4.78, 5) is 0. The van der Waals surface area contributed by atoms with Crippen molar-refractivity contribution >= 4 is 65.4 Å². The number of aromatic nitrogens is 3. The van der Waals surface area contributed by atoms with Gasteiger partial charge in [0.15, 0.2) is 0 Å². The molecule has 54 heavy (non-hydrogen) atoms. The summed E-state index contributed by atoms with van der Waals surface area (Å²) >= 11 is 0. The molecule has 11 rings (SSSR count). The first-order chi connectivity index (χ1) is 26.5. The number of para-hydroxylation sites is 3. The van der Waals surface area contributed by atoms with Gasteiger partial charge < -0.3 is 13.7 Å². The summed E-state index contributed by atoms with van der Waals surface area (Å²) in [5.74, 6) is 0. The van der Waals surface area contributed by atoms with Crippen LogP contribution in [0.5, 0.6) is 0 Å². The van der Waals surface area contributed by atoms with Crippen molar-refractivity contribution in [1.82, 2.24) is 13.7 Å². The Kier molecular flexibility index (Phi) is 6.60. The Labute approximate surface area is 313 Å². The SMILES string of the molecule is Cc1ccc(-n2c3ccccc3c3cc(-c4ccccc4-n4c5ccccc5c5cc(-n6c7ccc(C)cc7c7cc(C)ccc76)ccc54)ccc32)cc1. The second-order valence-corrected chi connectivity index (χ2v) is 14.9. The van der Waals surface area contributed by atoms with Crippen LogP contribution in [-0.2, 0) is 0 Å². The maximum atomic E-state index is 2.46. The molecule has 0 aliphatic heterocycles. The lowest BCUT2D eigenvalue weighted by Gasteiger charge is -2.15. The lowest BCUT2D eigenvalue weighted by Crippen LogP contribution is -1.98. The Bertz CT molecular complexity index is 3240. The standard InChI is InChI=1S/C51H37N3/c1-32-16-21-36(22-17-32)52-46-14-8-5-11-39(46)43-30-35(20-26-50(43)52)38-10-4-7-13-45(38)54-47-15-9-6-12-40(47)44-31-37(23-27-51(44)54)53-48-24-18-33(2)28-41(48)42-29-34(3)19-25-49(42)53/h4-31H,1-3H3. The molecule has 8 aromatic carbocycles. The maximum absolute atomic E-state index is 2.46. The number of hydrogen-bond donors (Lipinski definition) is 0. The van der Waals surface area contributed by atoms with Crippen molar-refractivity contribution in [2.24, 2.45) is 0 Å². The molecule has 0 spiro atoms. The van der Waals surface area contributed by atoms with Crippen molar-refractivity contribution in [1.29, 1.82) is 0 Å². The van der Waals surface area contributed by atoms with Crippen molar-refractivity contribution in [2.45, 2.75) is 20.8 Å². The van der Waals surface area contributed by atoms with Crippen LogP contribution < -0.4 is 0 Å². The van der Waals surface area contributed by atoms with E-state index in [1.165, 1.54) is 110 Å². The third kappa shape index (κ3) is 4.48. The zero-order valence-electron chi connectivity index (χ0n) is 30.5. The number of fused-ring (bicyclic) bond motifs is 9. The molecular weight excluding hydrogens is 655 g/mol. The van der Waals surface area contributed by atoms with Crippen LogP contribution in [0, 0.1) is 20.8 Å². The van der Waals surface area contributed by atoms with E-state index in [1.54, 1.807) is 0 Å². The van der Waals surface area contributed by atoms with E-state index in [0.717, 1.165) is 0 Å². The Balaban J connectivity index is 1.13. The molecule has 0 saturated heterocycles. The van der Waals surface area contributed by atoms with Crippen molar-refractivity contribution in [3.05, 3.63) is 187 Å². The van der Waals surface area contributed by atoms with Crippen LogP contribution in [0.1, 0.15) is 16.7 Å². The average Bonchev–Trinajstić information content (AvgIpc) is 3.83. The van der Waals surface area contributed by atoms with Crippen molar-refractivity contribution in [3.8, 4) is 28.2 Å². The molecule has 0 bridgehead atoms. The van der Waals surface area contributed by atoms with E-state index in [0.29, 0.717) is 0 Å². The van der Waals surface area contributed by atoms with Crippen LogP contribution in [0.3, 0.4) is 0 Å². The van der Waals surface area contributed by atoms with E-state index < -0.39 is 0 Å². The molecule has 0 unspecified atom stereocenters. The summed E-state index contributed by atoms with van der Waals surface area (Å²) in [5.41, 5.74) is 17.0. The minimum absolute atomic E-state index is 1.17. The van der Waals surface area contributed by atoms with Gasteiger partial charge in [0.05, 0.1) is 38.8 Å². The largest absolute Gasteiger partial charge is 0.309 e. The van der Waals surface area contributed by atoms with Crippen LogP contribution in [0.2, 0.25) is 0 Å². The molecule has 3 aromatic heterocycles. The second-order valence-electron chi connectivity index (χ2n) is 14.9. The summed E-state index contributed by atoms with van der Waals surface area (Å²) in [6.07, 6.45) is 0. The van der Waals surface area contributed by atoms with Gasteiger partial charge in [-0.15, -0.1) is 0 Å². The molecule has 0 aliphatic carbocycles. The third-order valence-electron chi connectivity index (χ3n) is 11.4. The van der Waals surface area contributed by atoms with E-state index in [4.69, 9.17) is 0 Å². The minimum atomic E-state index is 1.17. The number of nitrogens with zero attached hydrogens (tertiary/aromatic N) is 3. The zero-order valence-corrected chi connectivity index (χ0v) is 30.5. The van der Waals surface area contributed by atoms with Crippen LogP contribution in [-0.4, -0.2) is 13.7 Å². The zero-order chi connectivity index (χ0) is 36.1. The first-order valence-corrected chi connectivity index (χ1v) is 18.8. The van der Waals surface area contributed by atoms with Gasteiger partial charge in [-0.05, 0) is 111 Å². The van der Waals surface area contributed by atoms with Crippen LogP contribution >= 0.6 is 0 Å². The van der Waals surface area contributed by atoms with Crippen molar-refractivity contribution in [3.63, 3.8) is 0 Å². The fraction of sp³-hybridized carbons (Fsp3) is 0.0588. The molecule has 0 N–H and O–H groups in total. The lowest BCUT2D eigenvalue weighted by atomic mass is 10.0. The van der Waals surface area contributed by atoms with Gasteiger partial charge in [-0.25, -0.2) is 0 Å². The lowest BCUT2D eigenvalue weighted by molar-refractivity contribution is 1.16. The number of hydrogen-bond acceptors (Lipinski definition) is 0. The van der Waals surface area contributed by atoms with Crippen LogP contribution in [0.25, 0.3) is 93.6 Å². The summed E-state index contributed by atoms with van der Waals surface area (Å²) in [6, 6.07) is 63.0. The minimum Gasteiger partial charge on any atom is -0.309 e. The normalized spacial score (nSPS) is 12.0. The van der Waals surface area contributed by atoms with E-state index in [2.05, 4.69) is 204 Å². The van der Waals surface area contributed by atoms with E-state index >= 15 is 0 Å². The van der Waals surface area contributed by atoms with Crippen LogP contribution in [0.4, 0.5) is 0 Å². The predicted molar refractivity (Wildman–Crippen MR) is 229 cm³/mol. The molecule has 0 saturated carbocycles. The first kappa shape index (κ1) is 30.8.